The van der Waals surface area contributed by atoms with Crippen molar-refractivity contribution in [3.05, 3.63) is 72.4 Å². The van der Waals surface area contributed by atoms with Gasteiger partial charge in [-0.1, -0.05) is 36.4 Å². The van der Waals surface area contributed by atoms with E-state index in [9.17, 15) is 9.59 Å². The molecule has 1 aromatic heterocycles. The van der Waals surface area contributed by atoms with Crippen LogP contribution in [0.4, 0.5) is 16.3 Å². The van der Waals surface area contributed by atoms with Gasteiger partial charge in [0.2, 0.25) is 0 Å². The van der Waals surface area contributed by atoms with E-state index in [4.69, 9.17) is 0 Å². The minimum absolute atomic E-state index is 0.179. The van der Waals surface area contributed by atoms with E-state index in [-0.39, 0.29) is 5.91 Å². The SMILES string of the molecule is CCN(CC)C(=O)c1cnn(-c2ccccc2)c1NC(=O)Nc1ccccc1. The summed E-state index contributed by atoms with van der Waals surface area (Å²) in [5.74, 6) is 0.152. The van der Waals surface area contributed by atoms with Gasteiger partial charge < -0.3 is 10.2 Å². The summed E-state index contributed by atoms with van der Waals surface area (Å²) in [6.45, 7) is 4.97. The molecule has 0 saturated carbocycles. The van der Waals surface area contributed by atoms with Crippen molar-refractivity contribution in [1.82, 2.24) is 14.7 Å². The summed E-state index contributed by atoms with van der Waals surface area (Å²) in [5.41, 5.74) is 1.74. The maximum Gasteiger partial charge on any atom is 0.324 e. The Hall–Kier alpha value is -3.61. The van der Waals surface area contributed by atoms with E-state index in [0.29, 0.717) is 30.2 Å². The lowest BCUT2D eigenvalue weighted by atomic mass is 10.2. The second-order valence-corrected chi connectivity index (χ2v) is 6.08. The Morgan fingerprint density at radius 1 is 0.929 bits per heavy atom. The summed E-state index contributed by atoms with van der Waals surface area (Å²) in [4.78, 5) is 27.2. The zero-order valence-corrected chi connectivity index (χ0v) is 15.9. The van der Waals surface area contributed by atoms with Gasteiger partial charge in [0.1, 0.15) is 5.56 Å². The highest BCUT2D eigenvalue weighted by Gasteiger charge is 2.23. The predicted octanol–water partition coefficient (Wildman–Crippen LogP) is 4.00. The fourth-order valence-electron chi connectivity index (χ4n) is 2.86. The Labute approximate surface area is 164 Å². The number of amides is 3. The number of anilines is 2. The first kappa shape index (κ1) is 19.2. The lowest BCUT2D eigenvalue weighted by Crippen LogP contribution is -2.31. The number of nitrogens with zero attached hydrogens (tertiary/aromatic N) is 3. The molecule has 0 aliphatic rings. The molecule has 144 valence electrons. The van der Waals surface area contributed by atoms with E-state index in [1.165, 1.54) is 6.20 Å². The Morgan fingerprint density at radius 2 is 1.54 bits per heavy atom. The molecule has 0 atom stereocenters. The van der Waals surface area contributed by atoms with E-state index in [1.54, 1.807) is 21.7 Å². The molecule has 0 spiro atoms. The molecule has 0 bridgehead atoms. The van der Waals surface area contributed by atoms with Gasteiger partial charge in [-0.05, 0) is 38.1 Å². The number of rotatable bonds is 6. The first-order chi connectivity index (χ1) is 13.6. The van der Waals surface area contributed by atoms with E-state index >= 15 is 0 Å². The second kappa shape index (κ2) is 8.85. The fraction of sp³-hybridized carbons (Fsp3) is 0.190. The van der Waals surface area contributed by atoms with Crippen molar-refractivity contribution in [2.45, 2.75) is 13.8 Å². The van der Waals surface area contributed by atoms with Crippen LogP contribution in [0.15, 0.2) is 66.9 Å². The summed E-state index contributed by atoms with van der Waals surface area (Å²) in [6.07, 6.45) is 1.49. The Morgan fingerprint density at radius 3 is 2.14 bits per heavy atom. The quantitative estimate of drug-likeness (QED) is 0.681. The third-order valence-electron chi connectivity index (χ3n) is 4.31. The molecule has 3 amide bonds. The number of hydrogen-bond donors (Lipinski definition) is 2. The van der Waals surface area contributed by atoms with Crippen LogP contribution in [0.1, 0.15) is 24.2 Å². The zero-order valence-electron chi connectivity index (χ0n) is 15.9. The van der Waals surface area contributed by atoms with E-state index in [2.05, 4.69) is 15.7 Å². The molecule has 1 heterocycles. The molecule has 0 fully saturated rings. The normalized spacial score (nSPS) is 10.4. The van der Waals surface area contributed by atoms with E-state index < -0.39 is 6.03 Å². The van der Waals surface area contributed by atoms with Crippen LogP contribution in [0.2, 0.25) is 0 Å². The maximum absolute atomic E-state index is 12.9. The van der Waals surface area contributed by atoms with Gasteiger partial charge in [0.05, 0.1) is 11.9 Å². The van der Waals surface area contributed by atoms with Crippen molar-refractivity contribution in [2.75, 3.05) is 23.7 Å². The lowest BCUT2D eigenvalue weighted by Gasteiger charge is -2.19. The number of hydrogen-bond acceptors (Lipinski definition) is 3. The maximum atomic E-state index is 12.9. The summed E-state index contributed by atoms with van der Waals surface area (Å²) < 4.78 is 1.56. The van der Waals surface area contributed by atoms with Gasteiger partial charge in [0, 0.05) is 18.8 Å². The third kappa shape index (κ3) is 4.20. The fourth-order valence-corrected chi connectivity index (χ4v) is 2.86. The average molecular weight is 377 g/mol. The molecule has 0 aliphatic heterocycles. The van der Waals surface area contributed by atoms with Crippen LogP contribution in [-0.4, -0.2) is 39.7 Å². The summed E-state index contributed by atoms with van der Waals surface area (Å²) >= 11 is 0. The molecule has 7 heteroatoms. The van der Waals surface area contributed by atoms with Gasteiger partial charge >= 0.3 is 6.03 Å². The Kier molecular flexibility index (Phi) is 6.06. The van der Waals surface area contributed by atoms with Crippen LogP contribution in [0.5, 0.6) is 0 Å². The minimum atomic E-state index is -0.447. The first-order valence-electron chi connectivity index (χ1n) is 9.19. The standard InChI is InChI=1S/C21H23N5O2/c1-3-25(4-2)20(27)18-15-22-26(17-13-9-6-10-14-17)19(18)24-21(28)23-16-11-7-5-8-12-16/h5-15H,3-4H2,1-2H3,(H2,23,24,28). The number of para-hydroxylation sites is 2. The molecular weight excluding hydrogens is 354 g/mol. The van der Waals surface area contributed by atoms with Gasteiger partial charge in [-0.25, -0.2) is 9.48 Å². The highest BCUT2D eigenvalue weighted by molar-refractivity contribution is 6.05. The molecule has 0 radical (unpaired) electrons. The largest absolute Gasteiger partial charge is 0.339 e. The van der Waals surface area contributed by atoms with Crippen LogP contribution in [0.3, 0.4) is 0 Å². The van der Waals surface area contributed by atoms with E-state index in [0.717, 1.165) is 5.69 Å². The van der Waals surface area contributed by atoms with Gasteiger partial charge in [-0.2, -0.15) is 5.10 Å². The highest BCUT2D eigenvalue weighted by atomic mass is 16.2. The van der Waals surface area contributed by atoms with Crippen LogP contribution >= 0.6 is 0 Å². The van der Waals surface area contributed by atoms with Gasteiger partial charge in [0.25, 0.3) is 5.91 Å². The van der Waals surface area contributed by atoms with Crippen molar-refractivity contribution >= 4 is 23.4 Å². The number of carbonyl (C=O) groups is 2. The molecule has 0 saturated heterocycles. The summed E-state index contributed by atoms with van der Waals surface area (Å²) in [7, 11) is 0. The topological polar surface area (TPSA) is 79.3 Å². The average Bonchev–Trinajstić information content (AvgIpc) is 3.13. The second-order valence-electron chi connectivity index (χ2n) is 6.08. The van der Waals surface area contributed by atoms with Gasteiger partial charge in [-0.3, -0.25) is 10.1 Å². The Bertz CT molecular complexity index is 934. The molecular formula is C21H23N5O2. The lowest BCUT2D eigenvalue weighted by molar-refractivity contribution is 0.0774. The van der Waals surface area contributed by atoms with Crippen LogP contribution in [0, 0.1) is 0 Å². The molecule has 2 N–H and O–H groups in total. The van der Waals surface area contributed by atoms with Crippen molar-refractivity contribution in [3.8, 4) is 5.69 Å². The van der Waals surface area contributed by atoms with Crippen molar-refractivity contribution in [3.63, 3.8) is 0 Å². The molecule has 2 aromatic carbocycles. The highest BCUT2D eigenvalue weighted by Crippen LogP contribution is 2.22. The van der Waals surface area contributed by atoms with Crippen LogP contribution in [0.25, 0.3) is 5.69 Å². The molecule has 28 heavy (non-hydrogen) atoms. The minimum Gasteiger partial charge on any atom is -0.339 e. The molecule has 3 aromatic rings. The number of benzene rings is 2. The third-order valence-corrected chi connectivity index (χ3v) is 4.31. The smallest absolute Gasteiger partial charge is 0.324 e. The van der Waals surface area contributed by atoms with Crippen molar-refractivity contribution in [1.29, 1.82) is 0 Å². The van der Waals surface area contributed by atoms with Gasteiger partial charge in [-0.15, -0.1) is 0 Å². The predicted molar refractivity (Wildman–Crippen MR) is 110 cm³/mol. The monoisotopic (exact) mass is 377 g/mol. The van der Waals surface area contributed by atoms with Crippen molar-refractivity contribution < 1.29 is 9.59 Å². The number of urea groups is 1. The van der Waals surface area contributed by atoms with Crippen LogP contribution in [-0.2, 0) is 0 Å². The summed E-state index contributed by atoms with van der Waals surface area (Å²) in [5, 5.41) is 9.90. The van der Waals surface area contributed by atoms with E-state index in [1.807, 2.05) is 62.4 Å². The molecule has 7 nitrogen and oxygen atoms in total. The molecule has 3 rings (SSSR count). The number of aromatic nitrogens is 2. The molecule has 0 unspecified atom stereocenters. The summed E-state index contributed by atoms with van der Waals surface area (Å²) in [6, 6.07) is 18.0. The van der Waals surface area contributed by atoms with Gasteiger partial charge in [0.15, 0.2) is 5.82 Å². The van der Waals surface area contributed by atoms with Crippen LogP contribution < -0.4 is 10.6 Å². The number of nitrogens with one attached hydrogen (secondary N) is 2. The van der Waals surface area contributed by atoms with Crippen molar-refractivity contribution in [2.24, 2.45) is 0 Å². The number of carbonyl (C=O) groups excluding carboxylic acids is 2. The zero-order chi connectivity index (χ0) is 19.9. The Balaban J connectivity index is 1.94. The first-order valence-corrected chi connectivity index (χ1v) is 9.19. The molecule has 0 aliphatic carbocycles.